The van der Waals surface area contributed by atoms with Gasteiger partial charge in [0.1, 0.15) is 5.82 Å². The van der Waals surface area contributed by atoms with E-state index in [-0.39, 0.29) is 11.8 Å². The van der Waals surface area contributed by atoms with Gasteiger partial charge in [-0.25, -0.2) is 9.97 Å². The molecule has 0 unspecified atom stereocenters. The summed E-state index contributed by atoms with van der Waals surface area (Å²) in [4.78, 5) is 23.5. The molecule has 4 rings (SSSR count). The molecular weight excluding hydrogens is 344 g/mol. The molecule has 1 aliphatic carbocycles. The van der Waals surface area contributed by atoms with Crippen molar-refractivity contribution < 1.29 is 4.79 Å². The van der Waals surface area contributed by atoms with Crippen LogP contribution in [0.3, 0.4) is 0 Å². The van der Waals surface area contributed by atoms with Crippen LogP contribution in [0, 0.1) is 5.92 Å². The van der Waals surface area contributed by atoms with Gasteiger partial charge in [0, 0.05) is 36.5 Å². The largest absolute Gasteiger partial charge is 0.357 e. The molecule has 0 aromatic carbocycles. The molecule has 2 aliphatic rings. The Hall–Kier alpha value is -1.66. The quantitative estimate of drug-likeness (QED) is 0.895. The molecule has 0 radical (unpaired) electrons. The van der Waals surface area contributed by atoms with Gasteiger partial charge in [0.2, 0.25) is 5.91 Å². The predicted octanol–water partition coefficient (Wildman–Crippen LogP) is 3.92. The van der Waals surface area contributed by atoms with Crippen molar-refractivity contribution >= 4 is 39.8 Å². The van der Waals surface area contributed by atoms with Crippen LogP contribution in [0.5, 0.6) is 0 Å². The second-order valence-electron chi connectivity index (χ2n) is 6.44. The fourth-order valence-electron chi connectivity index (χ4n) is 3.04. The van der Waals surface area contributed by atoms with Gasteiger partial charge in [0.25, 0.3) is 0 Å². The van der Waals surface area contributed by atoms with Crippen molar-refractivity contribution in [2.24, 2.45) is 5.92 Å². The molecule has 1 saturated carbocycles. The van der Waals surface area contributed by atoms with E-state index in [2.05, 4.69) is 25.6 Å². The van der Waals surface area contributed by atoms with Crippen molar-refractivity contribution in [1.29, 1.82) is 0 Å². The molecule has 3 heterocycles. The number of pyridine rings is 1. The van der Waals surface area contributed by atoms with Crippen LogP contribution in [0.4, 0.5) is 10.9 Å². The van der Waals surface area contributed by atoms with Gasteiger partial charge in [-0.3, -0.25) is 4.79 Å². The van der Waals surface area contributed by atoms with Crippen LogP contribution in [0.2, 0.25) is 5.02 Å². The minimum Gasteiger partial charge on any atom is -0.357 e. The molecule has 7 heteroatoms. The molecule has 0 bridgehead atoms. The predicted molar refractivity (Wildman–Crippen MR) is 96.9 cm³/mol. The monoisotopic (exact) mass is 362 g/mol. The van der Waals surface area contributed by atoms with Crippen molar-refractivity contribution in [3.05, 3.63) is 34.4 Å². The lowest BCUT2D eigenvalue weighted by atomic mass is 9.96. The van der Waals surface area contributed by atoms with Crippen molar-refractivity contribution in [2.45, 2.75) is 31.6 Å². The maximum Gasteiger partial charge on any atom is 0.229 e. The van der Waals surface area contributed by atoms with Crippen LogP contribution < -0.4 is 10.2 Å². The lowest BCUT2D eigenvalue weighted by molar-refractivity contribution is -0.120. The van der Waals surface area contributed by atoms with Crippen molar-refractivity contribution in [2.75, 3.05) is 23.3 Å². The van der Waals surface area contributed by atoms with E-state index in [1.54, 1.807) is 6.20 Å². The molecule has 2 aromatic heterocycles. The number of nitrogens with one attached hydrogen (secondary N) is 1. The minimum absolute atomic E-state index is 0.0434. The molecule has 5 nitrogen and oxygen atoms in total. The van der Waals surface area contributed by atoms with Crippen LogP contribution in [0.15, 0.2) is 23.7 Å². The van der Waals surface area contributed by atoms with Gasteiger partial charge in [0.15, 0.2) is 5.13 Å². The van der Waals surface area contributed by atoms with Gasteiger partial charge in [-0.15, -0.1) is 11.3 Å². The van der Waals surface area contributed by atoms with E-state index in [0.29, 0.717) is 10.9 Å². The number of piperidine rings is 1. The molecule has 2 fully saturated rings. The first-order chi connectivity index (χ1) is 11.7. The van der Waals surface area contributed by atoms with E-state index in [9.17, 15) is 4.79 Å². The lowest BCUT2D eigenvalue weighted by Gasteiger charge is -2.32. The van der Waals surface area contributed by atoms with E-state index in [0.717, 1.165) is 42.6 Å². The zero-order chi connectivity index (χ0) is 16.5. The molecule has 1 amide bonds. The van der Waals surface area contributed by atoms with Crippen molar-refractivity contribution in [1.82, 2.24) is 9.97 Å². The molecule has 0 spiro atoms. The number of carbonyl (C=O) groups is 1. The first kappa shape index (κ1) is 15.8. The second-order valence-corrected chi connectivity index (χ2v) is 7.73. The highest BCUT2D eigenvalue weighted by molar-refractivity contribution is 7.13. The average Bonchev–Trinajstić information content (AvgIpc) is 3.36. The Bertz CT molecular complexity index is 720. The molecule has 2 aromatic rings. The molecule has 1 saturated heterocycles. The molecule has 24 heavy (non-hydrogen) atoms. The lowest BCUT2D eigenvalue weighted by Crippen LogP contribution is -2.38. The number of amides is 1. The third kappa shape index (κ3) is 3.54. The Labute approximate surface area is 150 Å². The Balaban J connectivity index is 1.31. The second kappa shape index (κ2) is 6.69. The number of hydrogen-bond donors (Lipinski definition) is 1. The maximum absolute atomic E-state index is 12.5. The Morgan fingerprint density at radius 3 is 2.71 bits per heavy atom. The Morgan fingerprint density at radius 1 is 1.25 bits per heavy atom. The van der Waals surface area contributed by atoms with Gasteiger partial charge >= 0.3 is 0 Å². The van der Waals surface area contributed by atoms with Crippen LogP contribution in [0.1, 0.15) is 37.3 Å². The van der Waals surface area contributed by atoms with Gasteiger partial charge in [-0.1, -0.05) is 11.6 Å². The van der Waals surface area contributed by atoms with Gasteiger partial charge < -0.3 is 10.2 Å². The first-order valence-electron chi connectivity index (χ1n) is 8.32. The summed E-state index contributed by atoms with van der Waals surface area (Å²) in [6, 6.07) is 3.78. The summed E-state index contributed by atoms with van der Waals surface area (Å²) in [5, 5.41) is 6.45. The highest BCUT2D eigenvalue weighted by Crippen LogP contribution is 2.41. The SMILES string of the molecule is O=C(Nc1nc(C2CC2)cs1)C1CCN(c2ccc(Cl)cn2)CC1. The molecule has 0 atom stereocenters. The Morgan fingerprint density at radius 2 is 2.04 bits per heavy atom. The maximum atomic E-state index is 12.5. The average molecular weight is 363 g/mol. The summed E-state index contributed by atoms with van der Waals surface area (Å²) in [5.74, 6) is 1.69. The molecule has 1 N–H and O–H groups in total. The topological polar surface area (TPSA) is 58.1 Å². The summed E-state index contributed by atoms with van der Waals surface area (Å²) in [7, 11) is 0. The summed E-state index contributed by atoms with van der Waals surface area (Å²) in [5.41, 5.74) is 1.14. The van der Waals surface area contributed by atoms with Crippen molar-refractivity contribution in [3.8, 4) is 0 Å². The molecule has 126 valence electrons. The highest BCUT2D eigenvalue weighted by atomic mass is 35.5. The van der Waals surface area contributed by atoms with Gasteiger partial charge in [-0.05, 0) is 37.8 Å². The fraction of sp³-hybridized carbons (Fsp3) is 0.471. The standard InChI is InChI=1S/C17H19ClN4OS/c18-13-3-4-15(19-9-13)22-7-5-12(6-8-22)16(23)21-17-20-14(10-24-17)11-1-2-11/h3-4,9-12H,1-2,5-8H2,(H,20,21,23). The van der Waals surface area contributed by atoms with Crippen LogP contribution in [0.25, 0.3) is 0 Å². The summed E-state index contributed by atoms with van der Waals surface area (Å²) >= 11 is 7.41. The van der Waals surface area contributed by atoms with Crippen molar-refractivity contribution in [3.63, 3.8) is 0 Å². The number of nitrogens with zero attached hydrogens (tertiary/aromatic N) is 3. The van der Waals surface area contributed by atoms with Crippen LogP contribution in [-0.2, 0) is 4.79 Å². The molecule has 1 aliphatic heterocycles. The number of aromatic nitrogens is 2. The van der Waals surface area contributed by atoms with Gasteiger partial charge in [0.05, 0.1) is 10.7 Å². The Kier molecular flexibility index (Phi) is 4.41. The van der Waals surface area contributed by atoms with E-state index in [4.69, 9.17) is 11.6 Å². The normalized spacial score (nSPS) is 18.6. The van der Waals surface area contributed by atoms with E-state index in [1.807, 2.05) is 12.1 Å². The number of halogens is 1. The van der Waals surface area contributed by atoms with E-state index >= 15 is 0 Å². The van der Waals surface area contributed by atoms with Crippen LogP contribution >= 0.6 is 22.9 Å². The number of thiazole rings is 1. The number of carbonyl (C=O) groups excluding carboxylic acids is 1. The summed E-state index contributed by atoms with van der Waals surface area (Å²) in [6.45, 7) is 1.66. The first-order valence-corrected chi connectivity index (χ1v) is 9.57. The van der Waals surface area contributed by atoms with E-state index in [1.165, 1.54) is 24.2 Å². The summed E-state index contributed by atoms with van der Waals surface area (Å²) in [6.07, 6.45) is 5.78. The molecular formula is C17H19ClN4OS. The third-order valence-corrected chi connectivity index (χ3v) is 5.65. The zero-order valence-electron chi connectivity index (χ0n) is 13.2. The van der Waals surface area contributed by atoms with Crippen LogP contribution in [-0.4, -0.2) is 29.0 Å². The van der Waals surface area contributed by atoms with Gasteiger partial charge in [-0.2, -0.15) is 0 Å². The smallest absolute Gasteiger partial charge is 0.229 e. The number of hydrogen-bond acceptors (Lipinski definition) is 5. The van der Waals surface area contributed by atoms with E-state index < -0.39 is 0 Å². The summed E-state index contributed by atoms with van der Waals surface area (Å²) < 4.78 is 0. The minimum atomic E-state index is 0.0434. The third-order valence-electron chi connectivity index (χ3n) is 4.65. The zero-order valence-corrected chi connectivity index (χ0v) is 14.8. The highest BCUT2D eigenvalue weighted by Gasteiger charge is 2.28. The fourth-order valence-corrected chi connectivity index (χ4v) is 3.95. The number of rotatable bonds is 4. The number of anilines is 2.